The summed E-state index contributed by atoms with van der Waals surface area (Å²) in [4.78, 5) is 13.6. The maximum atomic E-state index is 13.6. The number of hydrogen-bond donors (Lipinski definition) is 0. The van der Waals surface area contributed by atoms with Crippen molar-refractivity contribution in [2.24, 2.45) is 0 Å². The second-order valence-corrected chi connectivity index (χ2v) is 11.0. The lowest BCUT2D eigenvalue weighted by molar-refractivity contribution is -0.870. The fraction of sp³-hybridized carbons (Fsp3) is 0.229. The van der Waals surface area contributed by atoms with E-state index in [1.807, 2.05) is 91.0 Å². The molecule has 6 heteroatoms. The van der Waals surface area contributed by atoms with Gasteiger partial charge < -0.3 is 23.1 Å². The van der Waals surface area contributed by atoms with Gasteiger partial charge in [0.15, 0.2) is 17.3 Å². The van der Waals surface area contributed by atoms with E-state index >= 15 is 0 Å². The molecule has 0 aliphatic rings. The van der Waals surface area contributed by atoms with E-state index in [4.69, 9.17) is 18.6 Å². The van der Waals surface area contributed by atoms with Crippen molar-refractivity contribution in [3.63, 3.8) is 0 Å². The number of para-hydroxylation sites is 1. The zero-order valence-electron chi connectivity index (χ0n) is 23.8. The van der Waals surface area contributed by atoms with E-state index in [1.165, 1.54) is 0 Å². The molecule has 4 aromatic carbocycles. The van der Waals surface area contributed by atoms with Crippen LogP contribution in [-0.2, 0) is 13.2 Å². The molecule has 0 aliphatic carbocycles. The van der Waals surface area contributed by atoms with Crippen LogP contribution in [0.5, 0.6) is 17.2 Å². The molecule has 0 aliphatic heterocycles. The van der Waals surface area contributed by atoms with Gasteiger partial charge in [0, 0.05) is 12.0 Å². The molecule has 1 heterocycles. The normalized spacial score (nSPS) is 11.4. The van der Waals surface area contributed by atoms with Crippen molar-refractivity contribution in [3.05, 3.63) is 124 Å². The van der Waals surface area contributed by atoms with Gasteiger partial charge in [-0.2, -0.15) is 0 Å². The Morgan fingerprint density at radius 1 is 0.683 bits per heavy atom. The summed E-state index contributed by atoms with van der Waals surface area (Å²) in [5.74, 6) is 1.73. The monoisotopic (exact) mass is 550 g/mol. The summed E-state index contributed by atoms with van der Waals surface area (Å²) in [6.45, 7) is 2.08. The minimum Gasteiger partial charge on any atom is -0.486 e. The molecule has 5 rings (SSSR count). The zero-order chi connectivity index (χ0) is 28.7. The van der Waals surface area contributed by atoms with Gasteiger partial charge in [0.1, 0.15) is 18.8 Å². The van der Waals surface area contributed by atoms with Crippen molar-refractivity contribution in [2.45, 2.75) is 19.6 Å². The third kappa shape index (κ3) is 7.35. The number of nitrogens with zero attached hydrogens (tertiary/aromatic N) is 1. The number of benzene rings is 4. The number of ether oxygens (including phenoxy) is 3. The Kier molecular flexibility index (Phi) is 8.70. The van der Waals surface area contributed by atoms with E-state index in [0.717, 1.165) is 28.6 Å². The summed E-state index contributed by atoms with van der Waals surface area (Å²) >= 11 is 0. The van der Waals surface area contributed by atoms with Gasteiger partial charge in [-0.3, -0.25) is 4.79 Å². The molecule has 0 saturated heterocycles. The molecule has 0 unspecified atom stereocenters. The van der Waals surface area contributed by atoms with Gasteiger partial charge in [0.25, 0.3) is 0 Å². The average Bonchev–Trinajstić information content (AvgIpc) is 2.99. The molecular formula is C35H36NO5+. The van der Waals surface area contributed by atoms with Gasteiger partial charge in [-0.1, -0.05) is 72.8 Å². The minimum absolute atomic E-state index is 0.191. The first-order chi connectivity index (χ1) is 19.9. The Hall–Kier alpha value is -4.55. The molecule has 6 nitrogen and oxygen atoms in total. The highest BCUT2D eigenvalue weighted by Crippen LogP contribution is 2.37. The molecule has 210 valence electrons. The second-order valence-electron chi connectivity index (χ2n) is 11.0. The molecule has 1 aromatic heterocycles. The van der Waals surface area contributed by atoms with Crippen LogP contribution in [0, 0.1) is 0 Å². The van der Waals surface area contributed by atoms with Crippen LogP contribution in [-0.4, -0.2) is 38.8 Å². The van der Waals surface area contributed by atoms with Crippen molar-refractivity contribution in [1.82, 2.24) is 0 Å². The number of fused-ring (bicyclic) bond motifs is 1. The van der Waals surface area contributed by atoms with E-state index in [9.17, 15) is 4.79 Å². The number of rotatable bonds is 12. The van der Waals surface area contributed by atoms with E-state index in [1.54, 1.807) is 12.1 Å². The Morgan fingerprint density at radius 2 is 1.29 bits per heavy atom. The molecule has 0 radical (unpaired) electrons. The van der Waals surface area contributed by atoms with Crippen molar-refractivity contribution >= 4 is 11.0 Å². The smallest absolute Gasteiger partial charge is 0.235 e. The van der Waals surface area contributed by atoms with Crippen LogP contribution in [0.2, 0.25) is 0 Å². The van der Waals surface area contributed by atoms with Gasteiger partial charge in [0.2, 0.25) is 11.2 Å². The number of hydrogen-bond acceptors (Lipinski definition) is 5. The molecule has 0 N–H and O–H groups in total. The van der Waals surface area contributed by atoms with Crippen LogP contribution < -0.4 is 19.6 Å². The first-order valence-electron chi connectivity index (χ1n) is 13.8. The van der Waals surface area contributed by atoms with Crippen molar-refractivity contribution in [2.75, 3.05) is 34.3 Å². The SMILES string of the molecule is C[N+](C)(C)CCCOc1c(-c2ccc(OCc3ccccc3)c(OCc3ccccc3)c2)oc2ccccc2c1=O. The molecule has 0 spiro atoms. The van der Waals surface area contributed by atoms with E-state index < -0.39 is 0 Å². The van der Waals surface area contributed by atoms with Gasteiger partial charge in [-0.05, 0) is 41.5 Å². The van der Waals surface area contributed by atoms with Gasteiger partial charge in [0.05, 0.1) is 39.7 Å². The zero-order valence-corrected chi connectivity index (χ0v) is 23.8. The highest BCUT2D eigenvalue weighted by atomic mass is 16.5. The minimum atomic E-state index is -0.191. The fourth-order valence-corrected chi connectivity index (χ4v) is 4.51. The van der Waals surface area contributed by atoms with Crippen LogP contribution in [0.15, 0.2) is 112 Å². The molecule has 0 saturated carbocycles. The third-order valence-corrected chi connectivity index (χ3v) is 6.66. The van der Waals surface area contributed by atoms with Crippen LogP contribution in [0.3, 0.4) is 0 Å². The molecule has 0 bridgehead atoms. The van der Waals surface area contributed by atoms with Crippen molar-refractivity contribution in [1.29, 1.82) is 0 Å². The maximum absolute atomic E-state index is 13.6. The predicted octanol–water partition coefficient (Wildman–Crippen LogP) is 7.09. The van der Waals surface area contributed by atoms with Crippen LogP contribution in [0.25, 0.3) is 22.3 Å². The molecule has 0 fully saturated rings. The van der Waals surface area contributed by atoms with Crippen molar-refractivity contribution < 1.29 is 23.1 Å². The molecule has 0 atom stereocenters. The molecule has 41 heavy (non-hydrogen) atoms. The number of quaternary nitrogens is 1. The van der Waals surface area contributed by atoms with Gasteiger partial charge >= 0.3 is 0 Å². The Morgan fingerprint density at radius 3 is 1.95 bits per heavy atom. The highest BCUT2D eigenvalue weighted by Gasteiger charge is 2.20. The molecular weight excluding hydrogens is 514 g/mol. The third-order valence-electron chi connectivity index (χ3n) is 6.66. The van der Waals surface area contributed by atoms with Crippen LogP contribution >= 0.6 is 0 Å². The first-order valence-corrected chi connectivity index (χ1v) is 13.8. The first kappa shape index (κ1) is 28.0. The Balaban J connectivity index is 1.51. The summed E-state index contributed by atoms with van der Waals surface area (Å²) in [6, 6.07) is 32.8. The maximum Gasteiger partial charge on any atom is 0.235 e. The van der Waals surface area contributed by atoms with E-state index in [-0.39, 0.29) is 11.2 Å². The summed E-state index contributed by atoms with van der Waals surface area (Å²) in [5, 5.41) is 0.487. The summed E-state index contributed by atoms with van der Waals surface area (Å²) in [6.07, 6.45) is 0.799. The van der Waals surface area contributed by atoms with Crippen LogP contribution in [0.4, 0.5) is 0 Å². The van der Waals surface area contributed by atoms with Gasteiger partial charge in [-0.25, -0.2) is 0 Å². The predicted molar refractivity (Wildman–Crippen MR) is 162 cm³/mol. The lowest BCUT2D eigenvalue weighted by atomic mass is 10.1. The van der Waals surface area contributed by atoms with Crippen molar-refractivity contribution in [3.8, 4) is 28.6 Å². The Labute approximate surface area is 240 Å². The van der Waals surface area contributed by atoms with Crippen LogP contribution in [0.1, 0.15) is 17.5 Å². The highest BCUT2D eigenvalue weighted by molar-refractivity contribution is 5.82. The topological polar surface area (TPSA) is 57.9 Å². The summed E-state index contributed by atoms with van der Waals surface area (Å²) in [5.41, 5.74) is 3.07. The van der Waals surface area contributed by atoms with Gasteiger partial charge in [-0.15, -0.1) is 0 Å². The van der Waals surface area contributed by atoms with E-state index in [2.05, 4.69) is 21.1 Å². The van der Waals surface area contributed by atoms with E-state index in [0.29, 0.717) is 53.6 Å². The quantitative estimate of drug-likeness (QED) is 0.123. The summed E-state index contributed by atoms with van der Waals surface area (Å²) < 4.78 is 25.7. The average molecular weight is 551 g/mol. The fourth-order valence-electron chi connectivity index (χ4n) is 4.51. The lowest BCUT2D eigenvalue weighted by Gasteiger charge is -2.23. The summed E-state index contributed by atoms with van der Waals surface area (Å²) in [7, 11) is 6.40. The molecule has 5 aromatic rings. The second kappa shape index (κ2) is 12.7. The largest absolute Gasteiger partial charge is 0.486 e. The standard InChI is InChI=1S/C35H36NO5/c1-36(2,3)21-12-22-38-35-33(37)29-17-10-11-18-30(29)41-34(35)28-19-20-31(39-24-26-13-6-4-7-14-26)32(23-28)40-25-27-15-8-5-9-16-27/h4-11,13-20,23H,12,21-22,24-25H2,1-3H3/q+1. The lowest BCUT2D eigenvalue weighted by Crippen LogP contribution is -2.36. The Bertz CT molecular complexity index is 1640. The molecule has 0 amide bonds.